The highest BCUT2D eigenvalue weighted by Gasteiger charge is 1.91. The zero-order valence-corrected chi connectivity index (χ0v) is 5.13. The Kier molecular flexibility index (Phi) is 9.40. The number of rotatable bonds is 2. The molecule has 0 atom stereocenters. The van der Waals surface area contributed by atoms with Gasteiger partial charge in [0.05, 0.1) is 8.41 Å². The molecule has 0 nitrogen and oxygen atoms in total. The zero-order chi connectivity index (χ0) is 4.99. The summed E-state index contributed by atoms with van der Waals surface area (Å²) in [4.78, 5) is 0. The van der Waals surface area contributed by atoms with Gasteiger partial charge in [0, 0.05) is 5.38 Å². The minimum Gasteiger partial charge on any atom is -0.123 e. The van der Waals surface area contributed by atoms with Gasteiger partial charge in [-0.15, -0.1) is 11.6 Å². The van der Waals surface area contributed by atoms with E-state index in [-0.39, 0.29) is 8.41 Å². The van der Waals surface area contributed by atoms with Gasteiger partial charge in [-0.25, -0.2) is 0 Å². The smallest absolute Gasteiger partial charge is 0.0814 e. The van der Waals surface area contributed by atoms with Gasteiger partial charge in [0.1, 0.15) is 0 Å². The second-order valence-corrected chi connectivity index (χ2v) is 2.03. The van der Waals surface area contributed by atoms with Gasteiger partial charge < -0.3 is 0 Å². The van der Waals surface area contributed by atoms with Crippen molar-refractivity contribution in [3.05, 3.63) is 0 Å². The van der Waals surface area contributed by atoms with Crippen LogP contribution >= 0.6 is 11.6 Å². The van der Waals surface area contributed by atoms with Crippen LogP contribution in [-0.4, -0.2) is 13.8 Å². The number of hydrogen-bond acceptors (Lipinski definition) is 0. The molecule has 0 aliphatic carbocycles. The molecule has 0 radical (unpaired) electrons. The second-order valence-electron chi connectivity index (χ2n) is 1.41. The highest BCUT2D eigenvalue weighted by Crippen LogP contribution is 2.03. The van der Waals surface area contributed by atoms with Crippen molar-refractivity contribution in [2.24, 2.45) is 0 Å². The van der Waals surface area contributed by atoms with E-state index in [1.165, 1.54) is 0 Å². The van der Waals surface area contributed by atoms with Gasteiger partial charge in [-0.05, 0) is 12.8 Å². The summed E-state index contributed by atoms with van der Waals surface area (Å²) in [5.74, 6) is 0. The lowest BCUT2D eigenvalue weighted by molar-refractivity contribution is 0.782. The van der Waals surface area contributed by atoms with Crippen molar-refractivity contribution in [2.45, 2.75) is 32.1 Å². The van der Waals surface area contributed by atoms with Crippen LogP contribution in [0.1, 0.15) is 26.7 Å². The van der Waals surface area contributed by atoms with Gasteiger partial charge in [0.2, 0.25) is 0 Å². The van der Waals surface area contributed by atoms with Gasteiger partial charge in [0.25, 0.3) is 0 Å². The van der Waals surface area contributed by atoms with Crippen molar-refractivity contribution in [2.75, 3.05) is 0 Å². The highest BCUT2D eigenvalue weighted by atomic mass is 35.5. The molecule has 0 aromatic rings. The van der Waals surface area contributed by atoms with E-state index >= 15 is 0 Å². The Morgan fingerprint density at radius 1 is 1.29 bits per heavy atom. The van der Waals surface area contributed by atoms with E-state index in [1.54, 1.807) is 0 Å². The lowest BCUT2D eigenvalue weighted by Crippen LogP contribution is -1.89. The largest absolute Gasteiger partial charge is 0.123 e. The quantitative estimate of drug-likeness (QED) is 0.380. The van der Waals surface area contributed by atoms with Crippen LogP contribution in [0, 0.1) is 0 Å². The molecule has 0 heterocycles. The van der Waals surface area contributed by atoms with Gasteiger partial charge in [0.15, 0.2) is 0 Å². The maximum atomic E-state index is 5.65. The molecule has 0 amide bonds. The second kappa shape index (κ2) is 6.35. The summed E-state index contributed by atoms with van der Waals surface area (Å²) in [6.07, 6.45) is 2.19. The number of halogens is 1. The molecule has 0 N–H and O–H groups in total. The monoisotopic (exact) mass is 120 g/mol. The van der Waals surface area contributed by atoms with Crippen molar-refractivity contribution >= 4 is 20.0 Å². The Bertz CT molecular complexity index is 27.3. The molecule has 0 aromatic heterocycles. The third-order valence-electron chi connectivity index (χ3n) is 0.886. The molecule has 0 aromatic carbocycles. The topological polar surface area (TPSA) is 0 Å². The first-order valence-corrected chi connectivity index (χ1v) is 2.89. The van der Waals surface area contributed by atoms with Crippen LogP contribution in [0.2, 0.25) is 0 Å². The van der Waals surface area contributed by atoms with E-state index in [2.05, 4.69) is 13.8 Å². The van der Waals surface area contributed by atoms with Crippen LogP contribution in [0.15, 0.2) is 0 Å². The first kappa shape index (κ1) is 10.4. The van der Waals surface area contributed by atoms with Crippen LogP contribution < -0.4 is 0 Å². The summed E-state index contributed by atoms with van der Waals surface area (Å²) in [6, 6.07) is 0. The molecule has 0 aliphatic rings. The Balaban J connectivity index is 0. The summed E-state index contributed by atoms with van der Waals surface area (Å²) in [7, 11) is 0. The Morgan fingerprint density at radius 3 is 1.57 bits per heavy atom. The van der Waals surface area contributed by atoms with E-state index in [0.29, 0.717) is 5.38 Å². The van der Waals surface area contributed by atoms with Crippen LogP contribution in [0.5, 0.6) is 0 Å². The zero-order valence-electron chi connectivity index (χ0n) is 4.37. The fraction of sp³-hybridized carbons (Fsp3) is 1.00. The predicted molar refractivity (Wildman–Crippen MR) is 40.2 cm³/mol. The van der Waals surface area contributed by atoms with Crippen LogP contribution in [0.25, 0.3) is 0 Å². The summed E-state index contributed by atoms with van der Waals surface area (Å²) in [6.45, 7) is 4.20. The lowest BCUT2D eigenvalue weighted by atomic mass is 10.3. The summed E-state index contributed by atoms with van der Waals surface area (Å²) in [5, 5.41) is 0.407. The molecule has 44 valence electrons. The molecule has 0 rings (SSSR count). The Hall–Kier alpha value is 0.355. The summed E-state index contributed by atoms with van der Waals surface area (Å²) >= 11 is 5.65. The molecular formula is C5H14BCl. The average molecular weight is 120 g/mol. The third kappa shape index (κ3) is 6.35. The normalized spacial score (nSPS) is 8.57. The Labute approximate surface area is 52.8 Å². The fourth-order valence-electron chi connectivity index (χ4n) is 0.289. The van der Waals surface area contributed by atoms with Gasteiger partial charge in [-0.1, -0.05) is 13.8 Å². The maximum absolute atomic E-state index is 5.65. The van der Waals surface area contributed by atoms with Crippen LogP contribution in [0.4, 0.5) is 0 Å². The van der Waals surface area contributed by atoms with Crippen molar-refractivity contribution in [1.82, 2.24) is 0 Å². The van der Waals surface area contributed by atoms with Gasteiger partial charge >= 0.3 is 0 Å². The predicted octanol–water partition coefficient (Wildman–Crippen LogP) is 1.23. The molecule has 0 aliphatic heterocycles. The summed E-state index contributed by atoms with van der Waals surface area (Å²) in [5.41, 5.74) is 0. The molecule has 0 spiro atoms. The highest BCUT2D eigenvalue weighted by molar-refractivity contribution is 6.20. The molecule has 0 saturated heterocycles. The van der Waals surface area contributed by atoms with E-state index in [1.807, 2.05) is 0 Å². The van der Waals surface area contributed by atoms with E-state index in [9.17, 15) is 0 Å². The Morgan fingerprint density at radius 2 is 1.57 bits per heavy atom. The molecule has 7 heavy (non-hydrogen) atoms. The molecule has 0 bridgehead atoms. The molecule has 0 fully saturated rings. The first-order chi connectivity index (χ1) is 2.81. The minimum absolute atomic E-state index is 0. The number of hydrogen-bond donors (Lipinski definition) is 0. The summed E-state index contributed by atoms with van der Waals surface area (Å²) < 4.78 is 0. The maximum Gasteiger partial charge on any atom is 0.0814 e. The average Bonchev–Trinajstić information content (AvgIpc) is 1.65. The van der Waals surface area contributed by atoms with Crippen molar-refractivity contribution in [3.63, 3.8) is 0 Å². The van der Waals surface area contributed by atoms with Crippen molar-refractivity contribution in [3.8, 4) is 0 Å². The molecule has 2 heteroatoms. The molecular weight excluding hydrogens is 106 g/mol. The van der Waals surface area contributed by atoms with E-state index in [4.69, 9.17) is 11.6 Å². The molecule has 0 saturated carbocycles. The molecule has 0 unspecified atom stereocenters. The van der Waals surface area contributed by atoms with Crippen LogP contribution in [-0.2, 0) is 0 Å². The SMILES string of the molecule is B.CCC(Cl)CC. The number of alkyl halides is 1. The first-order valence-electron chi connectivity index (χ1n) is 2.45. The van der Waals surface area contributed by atoms with E-state index in [0.717, 1.165) is 12.8 Å². The third-order valence-corrected chi connectivity index (χ3v) is 1.50. The van der Waals surface area contributed by atoms with Gasteiger partial charge in [-0.3, -0.25) is 0 Å². The van der Waals surface area contributed by atoms with Crippen molar-refractivity contribution < 1.29 is 0 Å². The minimum atomic E-state index is 0. The van der Waals surface area contributed by atoms with Gasteiger partial charge in [-0.2, -0.15) is 0 Å². The lowest BCUT2D eigenvalue weighted by Gasteiger charge is -1.95. The van der Waals surface area contributed by atoms with Crippen LogP contribution in [0.3, 0.4) is 0 Å². The van der Waals surface area contributed by atoms with E-state index < -0.39 is 0 Å². The standard InChI is InChI=1S/C5H11Cl.BH3/c1-3-5(6)4-2;/h5H,3-4H2,1-2H3;1H3. The fourth-order valence-corrected chi connectivity index (χ4v) is 0.289. The van der Waals surface area contributed by atoms with Crippen molar-refractivity contribution in [1.29, 1.82) is 0 Å².